The van der Waals surface area contributed by atoms with Crippen LogP contribution in [0.3, 0.4) is 0 Å². The first kappa shape index (κ1) is 12.4. The number of rotatable bonds is 2. The summed E-state index contributed by atoms with van der Waals surface area (Å²) in [6, 6.07) is 8.61. The first-order chi connectivity index (χ1) is 9.09. The SMILES string of the molecule is COC(=O)[C@@]12CC(C)=CCN1[C@H]2c1ccc(C)cc1. The molecule has 2 aliphatic rings. The van der Waals surface area contributed by atoms with Crippen molar-refractivity contribution >= 4 is 5.97 Å². The van der Waals surface area contributed by atoms with Crippen molar-refractivity contribution in [2.24, 2.45) is 0 Å². The summed E-state index contributed by atoms with van der Waals surface area (Å²) in [6.45, 7) is 5.00. The molecule has 0 spiro atoms. The maximum atomic E-state index is 12.2. The summed E-state index contributed by atoms with van der Waals surface area (Å²) < 4.78 is 5.05. The second-order valence-corrected chi connectivity index (χ2v) is 5.61. The summed E-state index contributed by atoms with van der Waals surface area (Å²) in [5, 5.41) is 0. The van der Waals surface area contributed by atoms with E-state index in [1.165, 1.54) is 23.8 Å². The summed E-state index contributed by atoms with van der Waals surface area (Å²) >= 11 is 0. The zero-order chi connectivity index (χ0) is 13.6. The first-order valence-corrected chi connectivity index (χ1v) is 6.67. The number of nitrogens with zero attached hydrogens (tertiary/aromatic N) is 1. The van der Waals surface area contributed by atoms with Gasteiger partial charge in [-0.25, -0.2) is 4.79 Å². The van der Waals surface area contributed by atoms with Crippen LogP contribution in [-0.4, -0.2) is 30.1 Å². The largest absolute Gasteiger partial charge is 0.468 e. The number of carbonyl (C=O) groups excluding carboxylic acids is 1. The quantitative estimate of drug-likeness (QED) is 0.463. The van der Waals surface area contributed by atoms with Crippen LogP contribution in [0.1, 0.15) is 30.5 Å². The van der Waals surface area contributed by atoms with Gasteiger partial charge in [0.1, 0.15) is 5.54 Å². The smallest absolute Gasteiger partial charge is 0.328 e. The van der Waals surface area contributed by atoms with Gasteiger partial charge in [0.25, 0.3) is 0 Å². The molecular formula is C16H19NO2. The van der Waals surface area contributed by atoms with E-state index in [-0.39, 0.29) is 12.0 Å². The molecule has 3 heteroatoms. The molecule has 100 valence electrons. The molecule has 1 aromatic rings. The van der Waals surface area contributed by atoms with Crippen LogP contribution in [0.15, 0.2) is 35.9 Å². The highest BCUT2D eigenvalue weighted by molar-refractivity contribution is 5.87. The average molecular weight is 257 g/mol. The minimum absolute atomic E-state index is 0.106. The van der Waals surface area contributed by atoms with Gasteiger partial charge in [-0.3, -0.25) is 4.90 Å². The molecule has 3 atom stereocenters. The standard InChI is InChI=1S/C16H19NO2/c1-11-4-6-13(7-5-11)14-16(15(18)19-3)10-12(2)8-9-17(14)16/h4-8,14H,9-10H2,1-3H3/t14-,16-,17?/m0/s1. The molecule has 1 aromatic carbocycles. The molecule has 0 aromatic heterocycles. The lowest BCUT2D eigenvalue weighted by Crippen LogP contribution is -2.33. The summed E-state index contributed by atoms with van der Waals surface area (Å²) in [6.07, 6.45) is 2.98. The van der Waals surface area contributed by atoms with Gasteiger partial charge in [-0.05, 0) is 25.8 Å². The number of benzene rings is 1. The molecule has 3 rings (SSSR count). The van der Waals surface area contributed by atoms with Gasteiger partial charge in [-0.1, -0.05) is 41.5 Å². The summed E-state index contributed by atoms with van der Waals surface area (Å²) in [5.41, 5.74) is 3.27. The van der Waals surface area contributed by atoms with Crippen LogP contribution in [0.5, 0.6) is 0 Å². The van der Waals surface area contributed by atoms with Gasteiger partial charge in [0.05, 0.1) is 13.2 Å². The van der Waals surface area contributed by atoms with E-state index in [2.05, 4.69) is 49.1 Å². The Morgan fingerprint density at radius 1 is 1.32 bits per heavy atom. The zero-order valence-electron chi connectivity index (χ0n) is 11.6. The van der Waals surface area contributed by atoms with E-state index in [0.29, 0.717) is 0 Å². The van der Waals surface area contributed by atoms with E-state index in [1.54, 1.807) is 0 Å². The Morgan fingerprint density at radius 3 is 2.63 bits per heavy atom. The number of carbonyl (C=O) groups is 1. The van der Waals surface area contributed by atoms with Crippen molar-refractivity contribution in [1.29, 1.82) is 0 Å². The van der Waals surface area contributed by atoms with Gasteiger partial charge in [-0.15, -0.1) is 0 Å². The molecule has 0 aliphatic carbocycles. The Hall–Kier alpha value is -1.61. The Kier molecular flexibility index (Phi) is 2.75. The minimum atomic E-state index is -0.456. The molecule has 19 heavy (non-hydrogen) atoms. The van der Waals surface area contributed by atoms with Crippen LogP contribution < -0.4 is 0 Å². The number of fused-ring (bicyclic) bond motifs is 1. The lowest BCUT2D eigenvalue weighted by atomic mass is 9.91. The van der Waals surface area contributed by atoms with Crippen molar-refractivity contribution in [2.45, 2.75) is 31.8 Å². The van der Waals surface area contributed by atoms with E-state index < -0.39 is 5.54 Å². The molecule has 1 saturated heterocycles. The van der Waals surface area contributed by atoms with Crippen molar-refractivity contribution in [3.63, 3.8) is 0 Å². The monoisotopic (exact) mass is 257 g/mol. The highest BCUT2D eigenvalue weighted by Crippen LogP contribution is 2.58. The second-order valence-electron chi connectivity index (χ2n) is 5.61. The Balaban J connectivity index is 1.96. The molecule has 0 radical (unpaired) electrons. The van der Waals surface area contributed by atoms with Gasteiger partial charge < -0.3 is 4.74 Å². The Bertz CT molecular complexity index is 546. The van der Waals surface area contributed by atoms with Crippen molar-refractivity contribution < 1.29 is 9.53 Å². The number of aryl methyl sites for hydroxylation is 1. The van der Waals surface area contributed by atoms with Crippen LogP contribution in [0.25, 0.3) is 0 Å². The zero-order valence-corrected chi connectivity index (χ0v) is 11.6. The number of ether oxygens (including phenoxy) is 1. The highest BCUT2D eigenvalue weighted by Gasteiger charge is 2.69. The van der Waals surface area contributed by atoms with Crippen LogP contribution in [0, 0.1) is 6.92 Å². The van der Waals surface area contributed by atoms with Crippen molar-refractivity contribution in [3.05, 3.63) is 47.0 Å². The number of hydrogen-bond acceptors (Lipinski definition) is 3. The van der Waals surface area contributed by atoms with Gasteiger partial charge in [0.2, 0.25) is 0 Å². The summed E-state index contributed by atoms with van der Waals surface area (Å²) in [5.74, 6) is -0.106. The fourth-order valence-electron chi connectivity index (χ4n) is 3.29. The molecule has 0 saturated carbocycles. The molecular weight excluding hydrogens is 238 g/mol. The van der Waals surface area contributed by atoms with Gasteiger partial charge in [0.15, 0.2) is 0 Å². The van der Waals surface area contributed by atoms with E-state index in [0.717, 1.165) is 13.0 Å². The van der Waals surface area contributed by atoms with Gasteiger partial charge in [0, 0.05) is 6.54 Å². The molecule has 1 unspecified atom stereocenters. The molecule has 2 heterocycles. The molecule has 0 N–H and O–H groups in total. The Labute approximate surface area is 113 Å². The van der Waals surface area contributed by atoms with Crippen molar-refractivity contribution in [1.82, 2.24) is 4.90 Å². The average Bonchev–Trinajstić information content (AvgIpc) is 3.07. The fourth-order valence-corrected chi connectivity index (χ4v) is 3.29. The lowest BCUT2D eigenvalue weighted by molar-refractivity contribution is -0.145. The maximum absolute atomic E-state index is 12.2. The number of hydrogen-bond donors (Lipinski definition) is 0. The van der Waals surface area contributed by atoms with E-state index in [4.69, 9.17) is 4.74 Å². The highest BCUT2D eigenvalue weighted by atomic mass is 16.5. The summed E-state index contributed by atoms with van der Waals surface area (Å²) in [4.78, 5) is 14.5. The third-order valence-corrected chi connectivity index (χ3v) is 4.33. The molecule has 3 nitrogen and oxygen atoms in total. The van der Waals surface area contributed by atoms with Crippen LogP contribution in [0.2, 0.25) is 0 Å². The predicted molar refractivity (Wildman–Crippen MR) is 73.7 cm³/mol. The topological polar surface area (TPSA) is 29.3 Å². The third kappa shape index (κ3) is 1.72. The van der Waals surface area contributed by atoms with E-state index in [9.17, 15) is 4.79 Å². The van der Waals surface area contributed by atoms with Crippen LogP contribution in [-0.2, 0) is 9.53 Å². The van der Waals surface area contributed by atoms with Crippen LogP contribution in [0.4, 0.5) is 0 Å². The van der Waals surface area contributed by atoms with Gasteiger partial charge in [-0.2, -0.15) is 0 Å². The Morgan fingerprint density at radius 2 is 2.00 bits per heavy atom. The van der Waals surface area contributed by atoms with Crippen molar-refractivity contribution in [2.75, 3.05) is 13.7 Å². The van der Waals surface area contributed by atoms with E-state index >= 15 is 0 Å². The minimum Gasteiger partial charge on any atom is -0.468 e. The predicted octanol–water partition coefficient (Wildman–Crippen LogP) is 2.61. The second kappa shape index (κ2) is 4.20. The maximum Gasteiger partial charge on any atom is 0.328 e. The fraction of sp³-hybridized carbons (Fsp3) is 0.438. The van der Waals surface area contributed by atoms with E-state index in [1.807, 2.05) is 0 Å². The normalized spacial score (nSPS) is 32.3. The number of methoxy groups -OCH3 is 1. The summed E-state index contributed by atoms with van der Waals surface area (Å²) in [7, 11) is 1.48. The molecule has 0 amide bonds. The van der Waals surface area contributed by atoms with Crippen molar-refractivity contribution in [3.8, 4) is 0 Å². The molecule has 2 aliphatic heterocycles. The van der Waals surface area contributed by atoms with Gasteiger partial charge >= 0.3 is 5.97 Å². The molecule has 1 fully saturated rings. The lowest BCUT2D eigenvalue weighted by Gasteiger charge is -2.19. The third-order valence-electron chi connectivity index (χ3n) is 4.33. The first-order valence-electron chi connectivity index (χ1n) is 6.67. The molecule has 0 bridgehead atoms. The van der Waals surface area contributed by atoms with Crippen LogP contribution >= 0.6 is 0 Å². The number of esters is 1.